The lowest BCUT2D eigenvalue weighted by atomic mass is 9.69. The first-order valence-corrected chi connectivity index (χ1v) is 8.48. The maximum absolute atomic E-state index is 12.5. The molecule has 0 saturated carbocycles. The van der Waals surface area contributed by atoms with E-state index in [0.29, 0.717) is 0 Å². The highest BCUT2D eigenvalue weighted by Gasteiger charge is 2.49. The molecular formula is C20H20N2O. The van der Waals surface area contributed by atoms with Crippen molar-refractivity contribution in [2.24, 2.45) is 5.41 Å². The Hall–Kier alpha value is -2.29. The van der Waals surface area contributed by atoms with Gasteiger partial charge in [0, 0.05) is 29.1 Å². The van der Waals surface area contributed by atoms with Gasteiger partial charge in [-0.05, 0) is 31.4 Å². The van der Waals surface area contributed by atoms with Crippen molar-refractivity contribution in [1.82, 2.24) is 9.47 Å². The van der Waals surface area contributed by atoms with Crippen molar-refractivity contribution in [3.05, 3.63) is 53.8 Å². The third-order valence-corrected chi connectivity index (χ3v) is 5.96. The fourth-order valence-corrected chi connectivity index (χ4v) is 4.95. The Kier molecular flexibility index (Phi) is 2.39. The van der Waals surface area contributed by atoms with Gasteiger partial charge in [0.15, 0.2) is 0 Å². The molecule has 0 saturated heterocycles. The van der Waals surface area contributed by atoms with E-state index in [1.54, 1.807) is 6.08 Å². The number of carbonyl (C=O) groups excluding carboxylic acids is 1. The molecule has 1 amide bonds. The highest BCUT2D eigenvalue weighted by molar-refractivity contribution is 5.94. The fraction of sp³-hybridized carbons (Fsp3) is 0.350. The Bertz CT molecular complexity index is 917. The van der Waals surface area contributed by atoms with Gasteiger partial charge in [-0.3, -0.25) is 4.79 Å². The van der Waals surface area contributed by atoms with Gasteiger partial charge in [0.05, 0.1) is 17.3 Å². The summed E-state index contributed by atoms with van der Waals surface area (Å²) >= 11 is 0. The SMILES string of the molecule is CC[C@]12C=CC(=O)N3CCc4c(n(c5ccccc45)C(C)=C1)[C@@H]32. The van der Waals surface area contributed by atoms with Gasteiger partial charge in [-0.1, -0.05) is 37.3 Å². The summed E-state index contributed by atoms with van der Waals surface area (Å²) in [5.41, 5.74) is 5.28. The summed E-state index contributed by atoms with van der Waals surface area (Å²) in [6.07, 6.45) is 8.27. The molecule has 5 rings (SSSR count). The van der Waals surface area contributed by atoms with Gasteiger partial charge in [0.25, 0.3) is 0 Å². The number of fused-ring (bicyclic) bond motifs is 3. The average molecular weight is 304 g/mol. The molecule has 2 aromatic rings. The van der Waals surface area contributed by atoms with Crippen LogP contribution in [0.4, 0.5) is 0 Å². The maximum Gasteiger partial charge on any atom is 0.246 e. The molecule has 3 heteroatoms. The number of allylic oxidation sites excluding steroid dienone is 1. The van der Waals surface area contributed by atoms with Crippen molar-refractivity contribution in [2.75, 3.05) is 6.54 Å². The number of nitrogens with zero attached hydrogens (tertiary/aromatic N) is 2. The maximum atomic E-state index is 12.5. The van der Waals surface area contributed by atoms with Crippen molar-refractivity contribution in [3.63, 3.8) is 0 Å². The van der Waals surface area contributed by atoms with Crippen LogP contribution in [0.15, 0.2) is 42.5 Å². The second-order valence-corrected chi connectivity index (χ2v) is 6.99. The van der Waals surface area contributed by atoms with Crippen molar-refractivity contribution >= 4 is 22.5 Å². The molecule has 0 radical (unpaired) electrons. The van der Waals surface area contributed by atoms with Crippen LogP contribution in [0.3, 0.4) is 0 Å². The molecule has 0 spiro atoms. The van der Waals surface area contributed by atoms with Gasteiger partial charge in [0.2, 0.25) is 5.91 Å². The van der Waals surface area contributed by atoms with E-state index in [9.17, 15) is 4.79 Å². The quantitative estimate of drug-likeness (QED) is 0.784. The highest BCUT2D eigenvalue weighted by atomic mass is 16.2. The zero-order valence-electron chi connectivity index (χ0n) is 13.5. The summed E-state index contributed by atoms with van der Waals surface area (Å²) in [6.45, 7) is 5.25. The van der Waals surface area contributed by atoms with Crippen molar-refractivity contribution in [3.8, 4) is 0 Å². The van der Waals surface area contributed by atoms with Gasteiger partial charge in [-0.2, -0.15) is 0 Å². The summed E-state index contributed by atoms with van der Waals surface area (Å²) in [5, 5.41) is 1.35. The molecule has 116 valence electrons. The van der Waals surface area contributed by atoms with Crippen LogP contribution in [0.25, 0.3) is 16.6 Å². The number of aromatic nitrogens is 1. The van der Waals surface area contributed by atoms with Gasteiger partial charge < -0.3 is 9.47 Å². The monoisotopic (exact) mass is 304 g/mol. The number of rotatable bonds is 1. The lowest BCUT2D eigenvalue weighted by Crippen LogP contribution is -2.50. The third kappa shape index (κ3) is 1.43. The number of hydrogen-bond donors (Lipinski definition) is 0. The van der Waals surface area contributed by atoms with Crippen LogP contribution in [0, 0.1) is 5.41 Å². The Labute approximate surface area is 135 Å². The second kappa shape index (κ2) is 4.16. The summed E-state index contributed by atoms with van der Waals surface area (Å²) < 4.78 is 2.39. The van der Waals surface area contributed by atoms with Gasteiger partial charge in [-0.25, -0.2) is 0 Å². The van der Waals surface area contributed by atoms with Crippen LogP contribution in [-0.4, -0.2) is 21.9 Å². The molecule has 2 atom stereocenters. The van der Waals surface area contributed by atoms with E-state index in [2.05, 4.69) is 59.7 Å². The Balaban J connectivity index is 1.93. The van der Waals surface area contributed by atoms with Crippen molar-refractivity contribution in [1.29, 1.82) is 0 Å². The van der Waals surface area contributed by atoms with Crippen LogP contribution in [0.5, 0.6) is 0 Å². The number of carbonyl (C=O) groups is 1. The van der Waals surface area contributed by atoms with E-state index >= 15 is 0 Å². The first-order valence-electron chi connectivity index (χ1n) is 8.48. The first kappa shape index (κ1) is 13.2. The van der Waals surface area contributed by atoms with Crippen molar-refractivity contribution < 1.29 is 4.79 Å². The van der Waals surface area contributed by atoms with Crippen LogP contribution < -0.4 is 0 Å². The molecule has 3 aliphatic rings. The van der Waals surface area contributed by atoms with Gasteiger partial charge in [-0.15, -0.1) is 0 Å². The molecule has 4 heterocycles. The molecule has 1 aromatic carbocycles. The van der Waals surface area contributed by atoms with Crippen LogP contribution in [0.2, 0.25) is 0 Å². The number of amides is 1. The second-order valence-electron chi connectivity index (χ2n) is 6.99. The molecule has 23 heavy (non-hydrogen) atoms. The van der Waals surface area contributed by atoms with Crippen LogP contribution in [0.1, 0.15) is 37.6 Å². The molecule has 3 nitrogen and oxygen atoms in total. The van der Waals surface area contributed by atoms with E-state index in [1.165, 1.54) is 27.9 Å². The van der Waals surface area contributed by atoms with Crippen LogP contribution >= 0.6 is 0 Å². The Morgan fingerprint density at radius 3 is 2.96 bits per heavy atom. The molecule has 1 aromatic heterocycles. The minimum atomic E-state index is -0.0580. The molecule has 0 unspecified atom stereocenters. The molecular weight excluding hydrogens is 284 g/mol. The minimum absolute atomic E-state index is 0.0580. The Morgan fingerprint density at radius 1 is 1.30 bits per heavy atom. The molecule has 3 aliphatic heterocycles. The average Bonchev–Trinajstić information content (AvgIpc) is 2.92. The van der Waals surface area contributed by atoms with Crippen LogP contribution in [-0.2, 0) is 11.2 Å². The number of para-hydroxylation sites is 1. The van der Waals surface area contributed by atoms with E-state index in [4.69, 9.17) is 0 Å². The number of benzene rings is 1. The zero-order chi connectivity index (χ0) is 15.8. The predicted octanol–water partition coefficient (Wildman–Crippen LogP) is 3.91. The summed E-state index contributed by atoms with van der Waals surface area (Å²) in [4.78, 5) is 14.6. The van der Waals surface area contributed by atoms with E-state index in [1.807, 2.05) is 0 Å². The number of hydrogen-bond acceptors (Lipinski definition) is 1. The molecule has 0 aliphatic carbocycles. The summed E-state index contributed by atoms with van der Waals surface area (Å²) in [7, 11) is 0. The highest BCUT2D eigenvalue weighted by Crippen LogP contribution is 2.55. The fourth-order valence-electron chi connectivity index (χ4n) is 4.95. The lowest BCUT2D eigenvalue weighted by molar-refractivity contribution is -0.132. The molecule has 0 fully saturated rings. The normalized spacial score (nSPS) is 28.1. The Morgan fingerprint density at radius 2 is 2.13 bits per heavy atom. The van der Waals surface area contributed by atoms with Crippen molar-refractivity contribution in [2.45, 2.75) is 32.7 Å². The summed E-state index contributed by atoms with van der Waals surface area (Å²) in [5.74, 6) is 0.162. The van der Waals surface area contributed by atoms with Gasteiger partial charge >= 0.3 is 0 Å². The van der Waals surface area contributed by atoms with Gasteiger partial charge in [0.1, 0.15) is 0 Å². The van der Waals surface area contributed by atoms with E-state index in [-0.39, 0.29) is 17.4 Å². The lowest BCUT2D eigenvalue weighted by Gasteiger charge is -2.50. The standard InChI is InChI=1S/C20H20N2O/c1-3-20-10-8-17(23)21-11-9-15-14-6-4-5-7-16(14)22(13(2)12-20)18(15)19(20)21/h4-8,10,12,19H,3,9,11H2,1-2H3/t19-,20+/m1/s1. The zero-order valence-corrected chi connectivity index (χ0v) is 13.5. The molecule has 0 N–H and O–H groups in total. The third-order valence-electron chi connectivity index (χ3n) is 5.96. The predicted molar refractivity (Wildman–Crippen MR) is 91.9 cm³/mol. The van der Waals surface area contributed by atoms with E-state index < -0.39 is 0 Å². The first-order chi connectivity index (χ1) is 11.2. The topological polar surface area (TPSA) is 25.2 Å². The molecule has 0 bridgehead atoms. The van der Waals surface area contributed by atoms with E-state index in [0.717, 1.165) is 19.4 Å². The largest absolute Gasteiger partial charge is 0.329 e. The minimum Gasteiger partial charge on any atom is -0.329 e. The summed E-state index contributed by atoms with van der Waals surface area (Å²) in [6, 6.07) is 8.80. The smallest absolute Gasteiger partial charge is 0.246 e.